The van der Waals surface area contributed by atoms with Gasteiger partial charge < -0.3 is 10.2 Å². The third-order valence-electron chi connectivity index (χ3n) is 1.49. The van der Waals surface area contributed by atoms with Crippen LogP contribution in [0.15, 0.2) is 24.8 Å². The van der Waals surface area contributed by atoms with Crippen LogP contribution in [0.2, 0.25) is 0 Å². The molecule has 0 aromatic heterocycles. The number of nitrogens with one attached hydrogen (secondary N) is 1. The fraction of sp³-hybridized carbons (Fsp3) is 0.500. The van der Waals surface area contributed by atoms with Crippen molar-refractivity contribution in [2.75, 3.05) is 0 Å². The summed E-state index contributed by atoms with van der Waals surface area (Å²) >= 11 is 0. The summed E-state index contributed by atoms with van der Waals surface area (Å²) in [5.41, 5.74) is 0.136. The summed E-state index contributed by atoms with van der Waals surface area (Å²) in [4.78, 5) is 2.10. The van der Waals surface area contributed by atoms with Gasteiger partial charge in [-0.2, -0.15) is 0 Å². The lowest BCUT2D eigenvalue weighted by atomic mass is 10.1. The van der Waals surface area contributed by atoms with Gasteiger partial charge in [0.25, 0.3) is 0 Å². The SMILES string of the molecule is C=C1NC=CN1C(C)(C)C. The number of rotatable bonds is 0. The topological polar surface area (TPSA) is 15.3 Å². The number of nitrogens with zero attached hydrogens (tertiary/aromatic N) is 1. The van der Waals surface area contributed by atoms with Gasteiger partial charge in [0.05, 0.1) is 0 Å². The quantitative estimate of drug-likeness (QED) is 0.547. The zero-order chi connectivity index (χ0) is 7.78. The molecule has 1 rings (SSSR count). The second kappa shape index (κ2) is 2.04. The van der Waals surface area contributed by atoms with Crippen LogP contribution in [-0.2, 0) is 0 Å². The van der Waals surface area contributed by atoms with Crippen molar-refractivity contribution >= 4 is 0 Å². The molecule has 0 aliphatic carbocycles. The molecule has 0 aromatic carbocycles. The smallest absolute Gasteiger partial charge is 0.102 e. The second-order valence-corrected chi connectivity index (χ2v) is 3.45. The van der Waals surface area contributed by atoms with Crippen LogP contribution < -0.4 is 5.32 Å². The normalized spacial score (nSPS) is 17.9. The van der Waals surface area contributed by atoms with Crippen molar-refractivity contribution in [3.05, 3.63) is 24.8 Å². The monoisotopic (exact) mass is 138 g/mol. The van der Waals surface area contributed by atoms with E-state index in [1.807, 2.05) is 12.4 Å². The van der Waals surface area contributed by atoms with Crippen molar-refractivity contribution in [3.63, 3.8) is 0 Å². The summed E-state index contributed by atoms with van der Waals surface area (Å²) in [5.74, 6) is 0.951. The first-order chi connectivity index (χ1) is 4.52. The molecule has 10 heavy (non-hydrogen) atoms. The predicted molar refractivity (Wildman–Crippen MR) is 43.0 cm³/mol. The fourth-order valence-electron chi connectivity index (χ4n) is 0.996. The summed E-state index contributed by atoms with van der Waals surface area (Å²) in [5, 5.41) is 3.03. The molecular formula is C8H14N2. The lowest BCUT2D eigenvalue weighted by Crippen LogP contribution is -2.36. The lowest BCUT2D eigenvalue weighted by molar-refractivity contribution is 0.262. The highest BCUT2D eigenvalue weighted by molar-refractivity contribution is 5.12. The van der Waals surface area contributed by atoms with E-state index in [9.17, 15) is 0 Å². The highest BCUT2D eigenvalue weighted by atomic mass is 15.3. The second-order valence-electron chi connectivity index (χ2n) is 3.45. The van der Waals surface area contributed by atoms with Crippen molar-refractivity contribution < 1.29 is 0 Å². The molecule has 56 valence electrons. The molecule has 1 aliphatic heterocycles. The molecule has 0 saturated carbocycles. The highest BCUT2D eigenvalue weighted by Crippen LogP contribution is 2.20. The molecule has 0 aromatic rings. The number of hydrogen-bond donors (Lipinski definition) is 1. The first kappa shape index (κ1) is 7.19. The Bertz CT molecular complexity index is 174. The Labute approximate surface area is 62.2 Å². The summed E-state index contributed by atoms with van der Waals surface area (Å²) in [6.07, 6.45) is 3.90. The van der Waals surface area contributed by atoms with Gasteiger partial charge in [0.2, 0.25) is 0 Å². The minimum atomic E-state index is 0.136. The molecular weight excluding hydrogens is 124 g/mol. The van der Waals surface area contributed by atoms with E-state index >= 15 is 0 Å². The Morgan fingerprint density at radius 2 is 2.10 bits per heavy atom. The molecule has 2 heteroatoms. The van der Waals surface area contributed by atoms with E-state index in [1.54, 1.807) is 0 Å². The van der Waals surface area contributed by atoms with Crippen molar-refractivity contribution in [2.24, 2.45) is 0 Å². The molecule has 0 fully saturated rings. The molecule has 0 amide bonds. The largest absolute Gasteiger partial charge is 0.347 e. The van der Waals surface area contributed by atoms with Crippen LogP contribution in [0.25, 0.3) is 0 Å². The first-order valence-electron chi connectivity index (χ1n) is 3.43. The third kappa shape index (κ3) is 1.15. The summed E-state index contributed by atoms with van der Waals surface area (Å²) in [6.45, 7) is 10.3. The van der Waals surface area contributed by atoms with Gasteiger partial charge in [-0.1, -0.05) is 6.58 Å². The van der Waals surface area contributed by atoms with Gasteiger partial charge in [-0.15, -0.1) is 0 Å². The molecule has 0 spiro atoms. The molecule has 1 heterocycles. The van der Waals surface area contributed by atoms with Crippen molar-refractivity contribution in [3.8, 4) is 0 Å². The number of hydrogen-bond acceptors (Lipinski definition) is 2. The average molecular weight is 138 g/mol. The van der Waals surface area contributed by atoms with Gasteiger partial charge in [0, 0.05) is 17.9 Å². The first-order valence-corrected chi connectivity index (χ1v) is 3.43. The minimum Gasteiger partial charge on any atom is -0.347 e. The predicted octanol–water partition coefficient (Wildman–Crippen LogP) is 1.63. The van der Waals surface area contributed by atoms with Gasteiger partial charge in [-0.25, -0.2) is 0 Å². The molecule has 0 atom stereocenters. The van der Waals surface area contributed by atoms with Gasteiger partial charge in [0.15, 0.2) is 0 Å². The van der Waals surface area contributed by atoms with Crippen LogP contribution in [0, 0.1) is 0 Å². The summed E-state index contributed by atoms with van der Waals surface area (Å²) in [7, 11) is 0. The Morgan fingerprint density at radius 3 is 2.30 bits per heavy atom. The van der Waals surface area contributed by atoms with Crippen LogP contribution in [0.1, 0.15) is 20.8 Å². The van der Waals surface area contributed by atoms with Crippen molar-refractivity contribution in [1.29, 1.82) is 0 Å². The molecule has 0 radical (unpaired) electrons. The molecule has 0 bridgehead atoms. The maximum atomic E-state index is 3.85. The van der Waals surface area contributed by atoms with E-state index in [0.717, 1.165) is 5.82 Å². The van der Waals surface area contributed by atoms with E-state index in [4.69, 9.17) is 0 Å². The Kier molecular flexibility index (Phi) is 1.47. The van der Waals surface area contributed by atoms with E-state index in [-0.39, 0.29) is 5.54 Å². The van der Waals surface area contributed by atoms with E-state index in [0.29, 0.717) is 0 Å². The van der Waals surface area contributed by atoms with Gasteiger partial charge in [0.1, 0.15) is 5.82 Å². The standard InChI is InChI=1S/C8H14N2/c1-7-9-5-6-10(7)8(2,3)4/h5-6,9H,1H2,2-4H3. The lowest BCUT2D eigenvalue weighted by Gasteiger charge is -2.31. The minimum absolute atomic E-state index is 0.136. The summed E-state index contributed by atoms with van der Waals surface area (Å²) < 4.78 is 0. The summed E-state index contributed by atoms with van der Waals surface area (Å²) in [6, 6.07) is 0. The van der Waals surface area contributed by atoms with Gasteiger partial charge in [-0.3, -0.25) is 0 Å². The zero-order valence-corrected chi connectivity index (χ0v) is 6.81. The van der Waals surface area contributed by atoms with E-state index < -0.39 is 0 Å². The average Bonchev–Trinajstić information content (AvgIpc) is 2.11. The fourth-order valence-corrected chi connectivity index (χ4v) is 0.996. The van der Waals surface area contributed by atoms with Gasteiger partial charge in [-0.05, 0) is 20.8 Å². The third-order valence-corrected chi connectivity index (χ3v) is 1.49. The van der Waals surface area contributed by atoms with Gasteiger partial charge >= 0.3 is 0 Å². The Morgan fingerprint density at radius 1 is 1.50 bits per heavy atom. The zero-order valence-electron chi connectivity index (χ0n) is 6.81. The van der Waals surface area contributed by atoms with Crippen LogP contribution in [0.3, 0.4) is 0 Å². The maximum absolute atomic E-state index is 3.85. The van der Waals surface area contributed by atoms with Crippen LogP contribution in [-0.4, -0.2) is 10.4 Å². The molecule has 2 nitrogen and oxygen atoms in total. The molecule has 0 unspecified atom stereocenters. The van der Waals surface area contributed by atoms with Crippen LogP contribution in [0.4, 0.5) is 0 Å². The molecule has 1 aliphatic rings. The van der Waals surface area contributed by atoms with E-state index in [2.05, 4.69) is 37.6 Å². The van der Waals surface area contributed by atoms with Crippen LogP contribution >= 0.6 is 0 Å². The molecule has 1 N–H and O–H groups in total. The van der Waals surface area contributed by atoms with Crippen LogP contribution in [0.5, 0.6) is 0 Å². The van der Waals surface area contributed by atoms with Crippen molar-refractivity contribution in [1.82, 2.24) is 10.2 Å². The Hall–Kier alpha value is -0.920. The van der Waals surface area contributed by atoms with E-state index in [1.165, 1.54) is 0 Å². The highest BCUT2D eigenvalue weighted by Gasteiger charge is 2.22. The van der Waals surface area contributed by atoms with Crippen molar-refractivity contribution in [2.45, 2.75) is 26.3 Å². The maximum Gasteiger partial charge on any atom is 0.102 e. The Balaban J connectivity index is 2.73. The molecule has 0 saturated heterocycles.